The number of fused-ring (bicyclic) bond motifs is 2. The van der Waals surface area contributed by atoms with E-state index in [1.165, 1.54) is 30.0 Å². The van der Waals surface area contributed by atoms with Crippen LogP contribution < -0.4 is 5.32 Å². The average Bonchev–Trinajstić information content (AvgIpc) is 3.05. The molecule has 0 aromatic rings. The summed E-state index contributed by atoms with van der Waals surface area (Å²) in [6.45, 7) is 5.13. The van der Waals surface area contributed by atoms with Gasteiger partial charge in [0.1, 0.15) is 0 Å². The van der Waals surface area contributed by atoms with Gasteiger partial charge in [-0.15, -0.1) is 0 Å². The van der Waals surface area contributed by atoms with Crippen molar-refractivity contribution in [2.75, 3.05) is 40.3 Å². The van der Waals surface area contributed by atoms with Gasteiger partial charge in [-0.2, -0.15) is 17.0 Å². The molecule has 2 saturated carbocycles. The maximum Gasteiger partial charge on any atom is 0.281 e. The lowest BCUT2D eigenvalue weighted by Gasteiger charge is -2.29. The predicted octanol–water partition coefficient (Wildman–Crippen LogP) is 1.53. The van der Waals surface area contributed by atoms with Gasteiger partial charge in [-0.05, 0) is 56.5 Å². The van der Waals surface area contributed by atoms with Gasteiger partial charge in [-0.1, -0.05) is 13.3 Å². The van der Waals surface area contributed by atoms with Crippen LogP contribution in [0.4, 0.5) is 0 Å². The molecule has 1 N–H and O–H groups in total. The lowest BCUT2D eigenvalue weighted by Crippen LogP contribution is -2.43. The molecule has 6 heteroatoms. The Morgan fingerprint density at radius 1 is 1.14 bits per heavy atom. The first-order chi connectivity index (χ1) is 9.95. The molecular formula is C15H31N3O2S. The molecule has 21 heavy (non-hydrogen) atoms. The summed E-state index contributed by atoms with van der Waals surface area (Å²) in [6, 6.07) is 0. The minimum Gasteiger partial charge on any atom is -0.317 e. The van der Waals surface area contributed by atoms with Gasteiger partial charge < -0.3 is 5.32 Å². The fourth-order valence-corrected chi connectivity index (χ4v) is 5.20. The fraction of sp³-hybridized carbons (Fsp3) is 1.00. The van der Waals surface area contributed by atoms with Crippen molar-refractivity contribution >= 4 is 10.2 Å². The van der Waals surface area contributed by atoms with Crippen molar-refractivity contribution in [3.05, 3.63) is 0 Å². The van der Waals surface area contributed by atoms with Crippen LogP contribution >= 0.6 is 0 Å². The lowest BCUT2D eigenvalue weighted by atomic mass is 9.89. The molecule has 2 aliphatic rings. The first kappa shape index (κ1) is 17.2. The normalized spacial score (nSPS) is 28.9. The van der Waals surface area contributed by atoms with Crippen molar-refractivity contribution in [3.63, 3.8) is 0 Å². The largest absolute Gasteiger partial charge is 0.317 e. The van der Waals surface area contributed by atoms with Crippen LogP contribution in [0.25, 0.3) is 0 Å². The van der Waals surface area contributed by atoms with E-state index < -0.39 is 10.2 Å². The number of nitrogens with zero attached hydrogens (tertiary/aromatic N) is 2. The van der Waals surface area contributed by atoms with Crippen LogP contribution in [-0.4, -0.2) is 57.3 Å². The Morgan fingerprint density at radius 3 is 2.48 bits per heavy atom. The smallest absolute Gasteiger partial charge is 0.281 e. The van der Waals surface area contributed by atoms with E-state index in [1.807, 2.05) is 0 Å². The summed E-state index contributed by atoms with van der Waals surface area (Å²) in [5.41, 5.74) is 0. The van der Waals surface area contributed by atoms with E-state index in [0.717, 1.165) is 31.3 Å². The maximum atomic E-state index is 12.5. The van der Waals surface area contributed by atoms with Crippen molar-refractivity contribution < 1.29 is 8.42 Å². The molecule has 2 bridgehead atoms. The first-order valence-electron chi connectivity index (χ1n) is 8.33. The third kappa shape index (κ3) is 4.18. The van der Waals surface area contributed by atoms with E-state index in [0.29, 0.717) is 19.0 Å². The van der Waals surface area contributed by atoms with E-state index in [1.54, 1.807) is 18.4 Å². The molecule has 0 amide bonds. The molecule has 0 radical (unpaired) electrons. The molecule has 5 nitrogen and oxygen atoms in total. The SMILES string of the molecule is CCNCCCN(C)S(=O)(=O)N(C)CC1CC2CCC1C2. The van der Waals surface area contributed by atoms with E-state index >= 15 is 0 Å². The molecule has 0 saturated heterocycles. The summed E-state index contributed by atoms with van der Waals surface area (Å²) < 4.78 is 28.1. The van der Waals surface area contributed by atoms with E-state index in [4.69, 9.17) is 0 Å². The highest BCUT2D eigenvalue weighted by Crippen LogP contribution is 2.48. The second-order valence-electron chi connectivity index (χ2n) is 6.75. The fourth-order valence-electron chi connectivity index (χ4n) is 3.98. The van der Waals surface area contributed by atoms with E-state index in [-0.39, 0.29) is 0 Å². The highest BCUT2D eigenvalue weighted by atomic mass is 32.2. The zero-order chi connectivity index (χ0) is 15.5. The molecule has 0 aromatic heterocycles. The maximum absolute atomic E-state index is 12.5. The Labute approximate surface area is 130 Å². The Balaban J connectivity index is 1.80. The Kier molecular flexibility index (Phi) is 6.05. The molecule has 0 heterocycles. The second kappa shape index (κ2) is 7.40. The highest BCUT2D eigenvalue weighted by Gasteiger charge is 2.41. The molecule has 3 unspecified atom stereocenters. The van der Waals surface area contributed by atoms with Crippen LogP contribution in [0.2, 0.25) is 0 Å². The van der Waals surface area contributed by atoms with Crippen molar-refractivity contribution in [2.45, 2.75) is 39.0 Å². The van der Waals surface area contributed by atoms with E-state index in [2.05, 4.69) is 12.2 Å². The zero-order valence-corrected chi connectivity index (χ0v) is 14.5. The van der Waals surface area contributed by atoms with Crippen molar-refractivity contribution in [1.29, 1.82) is 0 Å². The third-order valence-electron chi connectivity index (χ3n) is 5.24. The second-order valence-corrected chi connectivity index (χ2v) is 8.89. The quantitative estimate of drug-likeness (QED) is 0.656. The monoisotopic (exact) mass is 317 g/mol. The Morgan fingerprint density at radius 2 is 1.90 bits per heavy atom. The molecular weight excluding hydrogens is 286 g/mol. The molecule has 0 spiro atoms. The highest BCUT2D eigenvalue weighted by molar-refractivity contribution is 7.86. The molecule has 2 aliphatic carbocycles. The van der Waals surface area contributed by atoms with Gasteiger partial charge in [0.05, 0.1) is 0 Å². The zero-order valence-electron chi connectivity index (χ0n) is 13.7. The van der Waals surface area contributed by atoms with Gasteiger partial charge in [0.2, 0.25) is 0 Å². The average molecular weight is 317 g/mol. The number of hydrogen-bond donors (Lipinski definition) is 1. The molecule has 3 atom stereocenters. The lowest BCUT2D eigenvalue weighted by molar-refractivity contribution is 0.270. The molecule has 0 aromatic carbocycles. The van der Waals surface area contributed by atoms with Crippen LogP contribution in [0, 0.1) is 17.8 Å². The van der Waals surface area contributed by atoms with Crippen molar-refractivity contribution in [2.24, 2.45) is 17.8 Å². The van der Waals surface area contributed by atoms with Gasteiger partial charge in [0, 0.05) is 27.2 Å². The van der Waals surface area contributed by atoms with Crippen molar-refractivity contribution in [1.82, 2.24) is 13.9 Å². The van der Waals surface area contributed by atoms with Gasteiger partial charge >= 0.3 is 0 Å². The Bertz CT molecular complexity index is 427. The number of nitrogens with one attached hydrogen (secondary N) is 1. The summed E-state index contributed by atoms with van der Waals surface area (Å²) in [4.78, 5) is 0. The van der Waals surface area contributed by atoms with Gasteiger partial charge in [-0.25, -0.2) is 0 Å². The topological polar surface area (TPSA) is 52.7 Å². The van der Waals surface area contributed by atoms with Crippen LogP contribution in [0.1, 0.15) is 39.0 Å². The van der Waals surface area contributed by atoms with Crippen LogP contribution in [0.3, 0.4) is 0 Å². The number of hydrogen-bond acceptors (Lipinski definition) is 3. The summed E-state index contributed by atoms with van der Waals surface area (Å²) in [5, 5.41) is 3.23. The third-order valence-corrected chi connectivity index (χ3v) is 7.15. The van der Waals surface area contributed by atoms with Crippen molar-refractivity contribution in [3.8, 4) is 0 Å². The molecule has 0 aliphatic heterocycles. The standard InChI is InChI=1S/C15H31N3O2S/c1-4-16-8-5-9-17(2)21(19,20)18(3)12-15-11-13-6-7-14(15)10-13/h13-16H,4-12H2,1-3H3. The van der Waals surface area contributed by atoms with Crippen LogP contribution in [0.5, 0.6) is 0 Å². The van der Waals surface area contributed by atoms with E-state index in [9.17, 15) is 8.42 Å². The number of rotatable bonds is 9. The minimum absolute atomic E-state index is 0.580. The van der Waals surface area contributed by atoms with Gasteiger partial charge in [0.25, 0.3) is 10.2 Å². The van der Waals surface area contributed by atoms with Gasteiger partial charge in [0.15, 0.2) is 0 Å². The van der Waals surface area contributed by atoms with Gasteiger partial charge in [-0.3, -0.25) is 0 Å². The molecule has 2 fully saturated rings. The summed E-state index contributed by atoms with van der Waals surface area (Å²) in [7, 11) is 0.140. The Hall–Kier alpha value is -0.170. The predicted molar refractivity (Wildman–Crippen MR) is 86.3 cm³/mol. The summed E-state index contributed by atoms with van der Waals surface area (Å²) >= 11 is 0. The summed E-state index contributed by atoms with van der Waals surface area (Å²) in [5.74, 6) is 2.22. The van der Waals surface area contributed by atoms with Crippen LogP contribution in [-0.2, 0) is 10.2 Å². The summed E-state index contributed by atoms with van der Waals surface area (Å²) in [6.07, 6.45) is 6.08. The molecule has 2 rings (SSSR count). The first-order valence-corrected chi connectivity index (χ1v) is 9.73. The minimum atomic E-state index is -3.29. The molecule has 124 valence electrons. The van der Waals surface area contributed by atoms with Crippen LogP contribution in [0.15, 0.2) is 0 Å².